The number of hydrogen-bond donors (Lipinski definition) is 1. The van der Waals surface area contributed by atoms with E-state index in [-0.39, 0.29) is 22.8 Å². The van der Waals surface area contributed by atoms with Crippen LogP contribution in [0, 0.1) is 6.92 Å². The van der Waals surface area contributed by atoms with E-state index in [9.17, 15) is 23.1 Å². The third-order valence-corrected chi connectivity index (χ3v) is 8.61. The molecule has 2 aliphatic heterocycles. The van der Waals surface area contributed by atoms with E-state index in [0.717, 1.165) is 44.6 Å². The highest BCUT2D eigenvalue weighted by atomic mass is 79.9. The molecular weight excluding hydrogens is 577 g/mol. The number of likely N-dealkylation sites (tertiary alicyclic amines) is 2. The molecular formula is C27H30BrF3N6O2. The van der Waals surface area contributed by atoms with Crippen LogP contribution in [0.3, 0.4) is 0 Å². The average Bonchev–Trinajstić information content (AvgIpc) is 3.55. The minimum absolute atomic E-state index is 0.0597. The Morgan fingerprint density at radius 1 is 1.15 bits per heavy atom. The maximum atomic E-state index is 13.7. The Morgan fingerprint density at radius 3 is 2.51 bits per heavy atom. The van der Waals surface area contributed by atoms with E-state index >= 15 is 0 Å². The highest BCUT2D eigenvalue weighted by Gasteiger charge is 2.37. The number of alkyl halides is 3. The summed E-state index contributed by atoms with van der Waals surface area (Å²) in [5, 5.41) is 14.5. The number of halogens is 4. The first-order valence-corrected chi connectivity index (χ1v) is 13.8. The van der Waals surface area contributed by atoms with Gasteiger partial charge in [0.05, 0.1) is 23.9 Å². The van der Waals surface area contributed by atoms with Gasteiger partial charge in [-0.15, -0.1) is 0 Å². The van der Waals surface area contributed by atoms with Crippen molar-refractivity contribution in [1.82, 2.24) is 29.5 Å². The minimum atomic E-state index is -4.55. The van der Waals surface area contributed by atoms with Crippen LogP contribution in [0.4, 0.5) is 13.2 Å². The Balaban J connectivity index is 1.51. The van der Waals surface area contributed by atoms with Crippen molar-refractivity contribution in [3.8, 4) is 16.9 Å². The molecule has 2 aromatic heterocycles. The zero-order valence-corrected chi connectivity index (χ0v) is 23.1. The number of piperidine rings is 1. The summed E-state index contributed by atoms with van der Waals surface area (Å²) < 4.78 is 42.4. The lowest BCUT2D eigenvalue weighted by atomic mass is 9.96. The van der Waals surface area contributed by atoms with Crippen molar-refractivity contribution in [2.24, 2.45) is 0 Å². The highest BCUT2D eigenvalue weighted by molar-refractivity contribution is 9.10. The number of carbonyl (C=O) groups excluding carboxylic acids is 1. The third kappa shape index (κ3) is 5.52. The minimum Gasteiger partial charge on any atom is -0.395 e. The predicted octanol–water partition coefficient (Wildman–Crippen LogP) is 4.58. The predicted molar refractivity (Wildman–Crippen MR) is 142 cm³/mol. The summed E-state index contributed by atoms with van der Waals surface area (Å²) in [7, 11) is 0. The molecule has 0 amide bonds. The first kappa shape index (κ1) is 27.9. The standard InChI is InChI=1S/C27H30BrF3N6O2/c1-17-25(24(15-39)35-9-6-19(7-10-35)36-8-2-3-21(36)14-38)26(18-12-32-16-33-13-18)34-37(17)20-4-5-23(28)22(11-20)27(29,30)31/h4-5,11-13,15-16,19,21,24,38H,2-3,6-10,14H2,1H3. The van der Waals surface area contributed by atoms with Crippen molar-refractivity contribution in [2.75, 3.05) is 26.2 Å². The number of aliphatic hydroxyl groups excluding tert-OH is 1. The SMILES string of the molecule is Cc1c(C(C=O)N2CCC(N3CCCC3CO)CC2)c(-c2cncnc2)nn1-c1ccc(Br)c(C(F)(F)F)c1. The van der Waals surface area contributed by atoms with Crippen LogP contribution in [0.5, 0.6) is 0 Å². The van der Waals surface area contributed by atoms with E-state index in [1.807, 2.05) is 0 Å². The smallest absolute Gasteiger partial charge is 0.395 e. The number of aliphatic hydroxyl groups is 1. The molecule has 0 radical (unpaired) electrons. The number of rotatable bonds is 7. The normalized spacial score (nSPS) is 20.4. The van der Waals surface area contributed by atoms with Crippen LogP contribution in [0.1, 0.15) is 48.5 Å². The Hall–Kier alpha value is -2.67. The van der Waals surface area contributed by atoms with E-state index in [2.05, 4.69) is 35.7 Å². The molecule has 0 saturated carbocycles. The van der Waals surface area contributed by atoms with Gasteiger partial charge in [-0.25, -0.2) is 14.6 Å². The van der Waals surface area contributed by atoms with Crippen molar-refractivity contribution < 1.29 is 23.1 Å². The van der Waals surface area contributed by atoms with Crippen molar-refractivity contribution in [2.45, 2.75) is 56.9 Å². The summed E-state index contributed by atoms with van der Waals surface area (Å²) in [6.07, 6.45) is 4.70. The molecule has 2 fully saturated rings. The molecule has 1 N–H and O–H groups in total. The number of carbonyl (C=O) groups is 1. The summed E-state index contributed by atoms with van der Waals surface area (Å²) in [5.41, 5.74) is 1.67. The lowest BCUT2D eigenvalue weighted by Gasteiger charge is -2.40. The van der Waals surface area contributed by atoms with Crippen LogP contribution < -0.4 is 0 Å². The molecule has 2 unspecified atom stereocenters. The van der Waals surface area contributed by atoms with Gasteiger partial charge in [0.2, 0.25) is 0 Å². The quantitative estimate of drug-likeness (QED) is 0.394. The fourth-order valence-corrected chi connectivity index (χ4v) is 6.46. The Labute approximate surface area is 233 Å². The monoisotopic (exact) mass is 606 g/mol. The van der Waals surface area contributed by atoms with Crippen molar-refractivity contribution in [3.05, 3.63) is 58.2 Å². The van der Waals surface area contributed by atoms with Gasteiger partial charge in [0.25, 0.3) is 0 Å². The molecule has 2 saturated heterocycles. The van der Waals surface area contributed by atoms with Gasteiger partial charge < -0.3 is 9.90 Å². The van der Waals surface area contributed by atoms with E-state index in [0.29, 0.717) is 41.6 Å². The molecule has 1 aromatic carbocycles. The van der Waals surface area contributed by atoms with E-state index in [1.54, 1.807) is 25.4 Å². The molecule has 0 spiro atoms. The molecule has 208 valence electrons. The molecule has 2 atom stereocenters. The van der Waals surface area contributed by atoms with Gasteiger partial charge >= 0.3 is 6.18 Å². The van der Waals surface area contributed by atoms with Crippen molar-refractivity contribution >= 4 is 22.2 Å². The van der Waals surface area contributed by atoms with Gasteiger partial charge in [-0.1, -0.05) is 15.9 Å². The van der Waals surface area contributed by atoms with Gasteiger partial charge in [-0.2, -0.15) is 18.3 Å². The van der Waals surface area contributed by atoms with Crippen LogP contribution in [-0.4, -0.2) is 79.3 Å². The Bertz CT molecular complexity index is 1310. The lowest BCUT2D eigenvalue weighted by Crippen LogP contribution is -2.48. The molecule has 39 heavy (non-hydrogen) atoms. The summed E-state index contributed by atoms with van der Waals surface area (Å²) in [6.45, 7) is 4.25. The molecule has 3 aromatic rings. The topological polar surface area (TPSA) is 87.4 Å². The van der Waals surface area contributed by atoms with Gasteiger partial charge in [-0.05, 0) is 57.4 Å². The van der Waals surface area contributed by atoms with Gasteiger partial charge in [0.1, 0.15) is 18.3 Å². The average molecular weight is 607 g/mol. The van der Waals surface area contributed by atoms with Gasteiger partial charge in [0, 0.05) is 58.9 Å². The summed E-state index contributed by atoms with van der Waals surface area (Å²) in [5.74, 6) is 0. The van der Waals surface area contributed by atoms with Crippen LogP contribution in [0.2, 0.25) is 0 Å². The van der Waals surface area contributed by atoms with E-state index in [4.69, 9.17) is 5.10 Å². The van der Waals surface area contributed by atoms with E-state index < -0.39 is 17.8 Å². The summed E-state index contributed by atoms with van der Waals surface area (Å²) in [6, 6.07) is 3.87. The Kier molecular flexibility index (Phi) is 8.18. The lowest BCUT2D eigenvalue weighted by molar-refractivity contribution is -0.138. The number of aldehydes is 1. The van der Waals surface area contributed by atoms with E-state index in [1.165, 1.54) is 17.1 Å². The van der Waals surface area contributed by atoms with Crippen LogP contribution >= 0.6 is 15.9 Å². The second-order valence-corrected chi connectivity index (χ2v) is 11.0. The summed E-state index contributed by atoms with van der Waals surface area (Å²) >= 11 is 3.00. The third-order valence-electron chi connectivity index (χ3n) is 7.92. The zero-order valence-electron chi connectivity index (χ0n) is 21.5. The largest absolute Gasteiger partial charge is 0.417 e. The molecule has 4 heterocycles. The molecule has 5 rings (SSSR count). The van der Waals surface area contributed by atoms with Gasteiger partial charge in [-0.3, -0.25) is 9.80 Å². The molecule has 2 aliphatic rings. The maximum Gasteiger partial charge on any atom is 0.417 e. The first-order chi connectivity index (χ1) is 18.7. The number of aromatic nitrogens is 4. The highest BCUT2D eigenvalue weighted by Crippen LogP contribution is 2.39. The van der Waals surface area contributed by atoms with Crippen LogP contribution in [-0.2, 0) is 11.0 Å². The fraction of sp³-hybridized carbons (Fsp3) is 0.481. The Morgan fingerprint density at radius 2 is 1.87 bits per heavy atom. The molecule has 12 heteroatoms. The fourth-order valence-electron chi connectivity index (χ4n) is 5.98. The maximum absolute atomic E-state index is 13.7. The zero-order chi connectivity index (χ0) is 27.7. The molecule has 8 nitrogen and oxygen atoms in total. The first-order valence-electron chi connectivity index (χ1n) is 13.0. The number of benzene rings is 1. The van der Waals surface area contributed by atoms with Crippen LogP contribution in [0.25, 0.3) is 16.9 Å². The van der Waals surface area contributed by atoms with Crippen molar-refractivity contribution in [1.29, 1.82) is 0 Å². The van der Waals surface area contributed by atoms with Crippen LogP contribution in [0.15, 0.2) is 41.4 Å². The number of hydrogen-bond acceptors (Lipinski definition) is 7. The number of nitrogens with zero attached hydrogens (tertiary/aromatic N) is 6. The second kappa shape index (κ2) is 11.4. The summed E-state index contributed by atoms with van der Waals surface area (Å²) in [4.78, 5) is 25.3. The second-order valence-electron chi connectivity index (χ2n) is 10.1. The molecule has 0 bridgehead atoms. The molecule has 0 aliphatic carbocycles. The van der Waals surface area contributed by atoms with Crippen molar-refractivity contribution in [3.63, 3.8) is 0 Å². The van der Waals surface area contributed by atoms with Gasteiger partial charge in [0.15, 0.2) is 0 Å².